The molecular weight excluding hydrogens is 408 g/mol. The Labute approximate surface area is 175 Å². The zero-order valence-electron chi connectivity index (χ0n) is 16.6. The normalized spacial score (nSPS) is 15.5. The summed E-state index contributed by atoms with van der Waals surface area (Å²) in [5.74, 6) is -0.268. The molecule has 2 aromatic rings. The molecule has 3 rings (SSSR count). The second-order valence-corrected chi connectivity index (χ2v) is 9.05. The van der Waals surface area contributed by atoms with Crippen LogP contribution in [-0.2, 0) is 10.0 Å². The molecule has 1 aliphatic heterocycles. The first-order valence-electron chi connectivity index (χ1n) is 9.62. The number of amides is 1. The molecule has 0 saturated carbocycles. The minimum atomic E-state index is -3.51. The maximum Gasteiger partial charge on any atom is 0.270 e. The maximum absolute atomic E-state index is 12.7. The SMILES string of the molecule is CNc1ccc([N+](=O)[O-])cc1C(=O)NCC1CCN(S(=O)(=O)c2ccccc2)CC1. The Balaban J connectivity index is 1.58. The minimum absolute atomic E-state index is 0.132. The Morgan fingerprint density at radius 1 is 1.17 bits per heavy atom. The van der Waals surface area contributed by atoms with E-state index in [4.69, 9.17) is 0 Å². The van der Waals surface area contributed by atoms with Crippen LogP contribution in [0.25, 0.3) is 0 Å². The predicted octanol–water partition coefficient (Wildman–Crippen LogP) is 2.47. The molecule has 2 aromatic carbocycles. The lowest BCUT2D eigenvalue weighted by atomic mass is 9.98. The highest BCUT2D eigenvalue weighted by Gasteiger charge is 2.29. The summed E-state index contributed by atoms with van der Waals surface area (Å²) in [6.45, 7) is 1.15. The number of hydrogen-bond acceptors (Lipinski definition) is 6. The third kappa shape index (κ3) is 4.77. The molecule has 160 valence electrons. The molecule has 1 amide bonds. The van der Waals surface area contributed by atoms with E-state index in [1.807, 2.05) is 0 Å². The average Bonchev–Trinajstić information content (AvgIpc) is 2.77. The topological polar surface area (TPSA) is 122 Å². The van der Waals surface area contributed by atoms with Gasteiger partial charge in [-0.25, -0.2) is 8.42 Å². The van der Waals surface area contributed by atoms with E-state index in [0.717, 1.165) is 0 Å². The fourth-order valence-electron chi connectivity index (χ4n) is 3.48. The van der Waals surface area contributed by atoms with Crippen molar-refractivity contribution in [2.75, 3.05) is 32.0 Å². The summed E-state index contributed by atoms with van der Waals surface area (Å²) >= 11 is 0. The van der Waals surface area contributed by atoms with Crippen LogP contribution in [0, 0.1) is 16.0 Å². The monoisotopic (exact) mass is 432 g/mol. The van der Waals surface area contributed by atoms with Crippen molar-refractivity contribution in [3.8, 4) is 0 Å². The highest BCUT2D eigenvalue weighted by molar-refractivity contribution is 7.89. The molecule has 1 saturated heterocycles. The fourth-order valence-corrected chi connectivity index (χ4v) is 4.97. The zero-order chi connectivity index (χ0) is 21.7. The Hall–Kier alpha value is -2.98. The van der Waals surface area contributed by atoms with Gasteiger partial charge in [-0.1, -0.05) is 18.2 Å². The Bertz CT molecular complexity index is 1020. The van der Waals surface area contributed by atoms with Crippen LogP contribution in [0.15, 0.2) is 53.4 Å². The van der Waals surface area contributed by atoms with Crippen LogP contribution in [-0.4, -0.2) is 50.2 Å². The predicted molar refractivity (Wildman–Crippen MR) is 113 cm³/mol. The first-order valence-corrected chi connectivity index (χ1v) is 11.1. The van der Waals surface area contributed by atoms with Gasteiger partial charge in [-0.05, 0) is 37.0 Å². The van der Waals surface area contributed by atoms with Crippen molar-refractivity contribution in [2.24, 2.45) is 5.92 Å². The maximum atomic E-state index is 12.7. The van der Waals surface area contributed by atoms with E-state index in [-0.39, 0.29) is 22.1 Å². The molecule has 1 fully saturated rings. The van der Waals surface area contributed by atoms with E-state index in [2.05, 4.69) is 10.6 Å². The van der Waals surface area contributed by atoms with E-state index in [1.165, 1.54) is 22.5 Å². The molecule has 1 aliphatic rings. The molecule has 9 nitrogen and oxygen atoms in total. The van der Waals surface area contributed by atoms with Crippen molar-refractivity contribution in [2.45, 2.75) is 17.7 Å². The Kier molecular flexibility index (Phi) is 6.68. The summed E-state index contributed by atoms with van der Waals surface area (Å²) in [4.78, 5) is 23.3. The van der Waals surface area contributed by atoms with Gasteiger partial charge in [0.15, 0.2) is 0 Å². The van der Waals surface area contributed by atoms with Crippen LogP contribution in [0.2, 0.25) is 0 Å². The number of sulfonamides is 1. The van der Waals surface area contributed by atoms with Crippen LogP contribution < -0.4 is 10.6 Å². The number of hydrogen-bond donors (Lipinski definition) is 2. The summed E-state index contributed by atoms with van der Waals surface area (Å²) in [7, 11) is -1.87. The lowest BCUT2D eigenvalue weighted by Gasteiger charge is -2.31. The third-order valence-electron chi connectivity index (χ3n) is 5.23. The molecule has 0 atom stereocenters. The number of carbonyl (C=O) groups excluding carboxylic acids is 1. The second-order valence-electron chi connectivity index (χ2n) is 7.11. The van der Waals surface area contributed by atoms with E-state index in [1.54, 1.807) is 37.4 Å². The fraction of sp³-hybridized carbons (Fsp3) is 0.350. The number of nitro benzene ring substituents is 1. The molecule has 0 aliphatic carbocycles. The molecule has 0 unspecified atom stereocenters. The summed E-state index contributed by atoms with van der Waals surface area (Å²) in [6, 6.07) is 12.4. The lowest BCUT2D eigenvalue weighted by Crippen LogP contribution is -2.41. The molecule has 1 heterocycles. The standard InChI is InChI=1S/C20H24N4O5S/c1-21-19-8-7-16(24(26)27)13-18(19)20(25)22-14-15-9-11-23(12-10-15)30(28,29)17-5-3-2-4-6-17/h2-8,13,15,21H,9-12,14H2,1H3,(H,22,25). The largest absolute Gasteiger partial charge is 0.387 e. The van der Waals surface area contributed by atoms with Gasteiger partial charge in [-0.3, -0.25) is 14.9 Å². The van der Waals surface area contributed by atoms with Crippen LogP contribution >= 0.6 is 0 Å². The molecule has 0 aromatic heterocycles. The van der Waals surface area contributed by atoms with E-state index >= 15 is 0 Å². The molecule has 0 bridgehead atoms. The minimum Gasteiger partial charge on any atom is -0.387 e. The molecule has 0 radical (unpaired) electrons. The highest BCUT2D eigenvalue weighted by Crippen LogP contribution is 2.24. The van der Waals surface area contributed by atoms with Crippen LogP contribution in [0.4, 0.5) is 11.4 Å². The van der Waals surface area contributed by atoms with Gasteiger partial charge in [-0.2, -0.15) is 4.31 Å². The average molecular weight is 433 g/mol. The molecular formula is C20H24N4O5S. The van der Waals surface area contributed by atoms with Gasteiger partial charge >= 0.3 is 0 Å². The van der Waals surface area contributed by atoms with Gasteiger partial charge in [-0.15, -0.1) is 0 Å². The van der Waals surface area contributed by atoms with Gasteiger partial charge in [0.1, 0.15) is 0 Å². The van der Waals surface area contributed by atoms with Crippen LogP contribution in [0.3, 0.4) is 0 Å². The molecule has 0 spiro atoms. The van der Waals surface area contributed by atoms with E-state index in [9.17, 15) is 23.3 Å². The molecule has 10 heteroatoms. The number of rotatable bonds is 7. The number of nitrogens with zero attached hydrogens (tertiary/aromatic N) is 2. The lowest BCUT2D eigenvalue weighted by molar-refractivity contribution is -0.384. The van der Waals surface area contributed by atoms with Gasteiger partial charge in [0.05, 0.1) is 15.4 Å². The number of anilines is 1. The van der Waals surface area contributed by atoms with Gasteiger partial charge < -0.3 is 10.6 Å². The van der Waals surface area contributed by atoms with Crippen molar-refractivity contribution in [3.05, 3.63) is 64.2 Å². The zero-order valence-corrected chi connectivity index (χ0v) is 17.4. The van der Waals surface area contributed by atoms with Gasteiger partial charge in [0.2, 0.25) is 10.0 Å². The number of benzene rings is 2. The van der Waals surface area contributed by atoms with E-state index in [0.29, 0.717) is 38.2 Å². The Morgan fingerprint density at radius 2 is 1.83 bits per heavy atom. The quantitative estimate of drug-likeness (QED) is 0.512. The third-order valence-corrected chi connectivity index (χ3v) is 7.15. The number of nitrogens with one attached hydrogen (secondary N) is 2. The van der Waals surface area contributed by atoms with Crippen molar-refractivity contribution in [1.82, 2.24) is 9.62 Å². The number of nitro groups is 1. The van der Waals surface area contributed by atoms with E-state index < -0.39 is 20.9 Å². The Morgan fingerprint density at radius 3 is 2.43 bits per heavy atom. The van der Waals surface area contributed by atoms with Gasteiger partial charge in [0, 0.05) is 44.5 Å². The number of non-ortho nitro benzene ring substituents is 1. The van der Waals surface area contributed by atoms with Crippen molar-refractivity contribution in [1.29, 1.82) is 0 Å². The van der Waals surface area contributed by atoms with Crippen LogP contribution in [0.1, 0.15) is 23.2 Å². The first-order chi connectivity index (χ1) is 14.3. The number of piperidine rings is 1. The smallest absolute Gasteiger partial charge is 0.270 e. The number of carbonyl (C=O) groups is 1. The summed E-state index contributed by atoms with van der Waals surface area (Å²) in [5.41, 5.74) is 0.552. The van der Waals surface area contributed by atoms with Crippen molar-refractivity contribution < 1.29 is 18.1 Å². The summed E-state index contributed by atoms with van der Waals surface area (Å²) in [6.07, 6.45) is 1.25. The molecule has 2 N–H and O–H groups in total. The highest BCUT2D eigenvalue weighted by atomic mass is 32.2. The van der Waals surface area contributed by atoms with Crippen LogP contribution in [0.5, 0.6) is 0 Å². The summed E-state index contributed by atoms with van der Waals surface area (Å²) in [5, 5.41) is 16.7. The van der Waals surface area contributed by atoms with Crippen molar-refractivity contribution >= 4 is 27.3 Å². The van der Waals surface area contributed by atoms with Crippen molar-refractivity contribution in [3.63, 3.8) is 0 Å². The van der Waals surface area contributed by atoms with Gasteiger partial charge in [0.25, 0.3) is 11.6 Å². The summed E-state index contributed by atoms with van der Waals surface area (Å²) < 4.78 is 26.9. The molecule has 30 heavy (non-hydrogen) atoms. The second kappa shape index (κ2) is 9.23. The first kappa shape index (κ1) is 21.7.